The van der Waals surface area contributed by atoms with Crippen LogP contribution < -0.4 is 4.74 Å². The monoisotopic (exact) mass is 466 g/mol. The average molecular weight is 467 g/mol. The lowest BCUT2D eigenvalue weighted by molar-refractivity contribution is -0.154. The van der Waals surface area contributed by atoms with Crippen LogP contribution in [-0.2, 0) is 9.59 Å². The highest BCUT2D eigenvalue weighted by Gasteiger charge is 2.51. The lowest BCUT2D eigenvalue weighted by Crippen LogP contribution is -2.52. The summed E-state index contributed by atoms with van der Waals surface area (Å²) in [4.78, 5) is 53.2. The molecule has 2 aromatic carbocycles. The molecule has 0 radical (unpaired) electrons. The molecule has 4 rings (SSSR count). The van der Waals surface area contributed by atoms with E-state index in [-0.39, 0.29) is 10.6 Å². The number of ketones is 1. The van der Waals surface area contributed by atoms with Crippen LogP contribution in [0.4, 0.5) is 0 Å². The molecule has 0 saturated carbocycles. The first-order valence-corrected chi connectivity index (χ1v) is 11.0. The van der Waals surface area contributed by atoms with Crippen LogP contribution in [0.1, 0.15) is 40.5 Å². The van der Waals surface area contributed by atoms with E-state index in [1.54, 1.807) is 36.4 Å². The summed E-state index contributed by atoms with van der Waals surface area (Å²) < 4.78 is 5.18. The van der Waals surface area contributed by atoms with Crippen molar-refractivity contribution in [1.29, 1.82) is 0 Å². The van der Waals surface area contributed by atoms with Crippen LogP contribution in [0.3, 0.4) is 0 Å². The van der Waals surface area contributed by atoms with Crippen molar-refractivity contribution >= 4 is 35.1 Å². The molecule has 0 aromatic heterocycles. The predicted molar refractivity (Wildman–Crippen MR) is 122 cm³/mol. The Bertz CT molecular complexity index is 1170. The van der Waals surface area contributed by atoms with E-state index >= 15 is 0 Å². The molecule has 0 unspecified atom stereocenters. The summed E-state index contributed by atoms with van der Waals surface area (Å²) in [7, 11) is 1.48. The van der Waals surface area contributed by atoms with Gasteiger partial charge >= 0.3 is 0 Å². The summed E-state index contributed by atoms with van der Waals surface area (Å²) in [5.74, 6) is -2.71. The first-order chi connectivity index (χ1) is 15.8. The van der Waals surface area contributed by atoms with Crippen LogP contribution in [0.5, 0.6) is 5.75 Å². The number of carbonyl (C=O) groups is 4. The van der Waals surface area contributed by atoms with Gasteiger partial charge in [0.2, 0.25) is 0 Å². The summed E-state index contributed by atoms with van der Waals surface area (Å²) >= 11 is 6.23. The topological polar surface area (TPSA) is 84.0 Å². The first kappa shape index (κ1) is 22.7. The SMILES string of the molecule is COc1cccc(C(=O)CN(C(=O)c2ccccc2Cl)N2C(=O)[C@@H]3CC=C(C)C[C@H]3C2=O)c1. The number of methoxy groups -OCH3 is 1. The van der Waals surface area contributed by atoms with E-state index in [4.69, 9.17) is 16.3 Å². The fourth-order valence-corrected chi connectivity index (χ4v) is 4.51. The average Bonchev–Trinajstić information content (AvgIpc) is 3.06. The molecule has 1 heterocycles. The second-order valence-electron chi connectivity index (χ2n) is 8.19. The Kier molecular flexibility index (Phi) is 6.33. The molecule has 0 bridgehead atoms. The maximum Gasteiger partial charge on any atom is 0.274 e. The normalized spacial score (nSPS) is 19.7. The van der Waals surface area contributed by atoms with E-state index < -0.39 is 41.9 Å². The minimum Gasteiger partial charge on any atom is -0.497 e. The Balaban J connectivity index is 1.71. The number of fused-ring (bicyclic) bond motifs is 1. The van der Waals surface area contributed by atoms with Gasteiger partial charge < -0.3 is 4.74 Å². The van der Waals surface area contributed by atoms with Crippen molar-refractivity contribution in [2.45, 2.75) is 19.8 Å². The van der Waals surface area contributed by atoms with Gasteiger partial charge in [-0.25, -0.2) is 5.01 Å². The maximum atomic E-state index is 13.5. The summed E-state index contributed by atoms with van der Waals surface area (Å²) in [6, 6.07) is 12.8. The number of benzene rings is 2. The minimum atomic E-state index is -0.693. The zero-order chi connectivity index (χ0) is 23.7. The number of imide groups is 1. The smallest absolute Gasteiger partial charge is 0.274 e. The van der Waals surface area contributed by atoms with Gasteiger partial charge in [-0.2, -0.15) is 5.01 Å². The van der Waals surface area contributed by atoms with Gasteiger partial charge in [-0.15, -0.1) is 0 Å². The number of ether oxygens (including phenoxy) is 1. The van der Waals surface area contributed by atoms with E-state index in [2.05, 4.69) is 0 Å². The molecule has 2 aromatic rings. The maximum absolute atomic E-state index is 13.5. The van der Waals surface area contributed by atoms with Crippen LogP contribution in [0, 0.1) is 11.8 Å². The van der Waals surface area contributed by atoms with E-state index in [0.717, 1.165) is 15.6 Å². The van der Waals surface area contributed by atoms with Crippen LogP contribution in [0.25, 0.3) is 0 Å². The predicted octanol–water partition coefficient (Wildman–Crippen LogP) is 3.93. The molecule has 1 aliphatic carbocycles. The Morgan fingerprint density at radius 1 is 1.09 bits per heavy atom. The van der Waals surface area contributed by atoms with Gasteiger partial charge in [0.15, 0.2) is 5.78 Å². The zero-order valence-corrected chi connectivity index (χ0v) is 19.0. The molecule has 33 heavy (non-hydrogen) atoms. The summed E-state index contributed by atoms with van der Waals surface area (Å²) in [5.41, 5.74) is 1.42. The summed E-state index contributed by atoms with van der Waals surface area (Å²) in [6.45, 7) is 1.41. The Labute approximate surface area is 196 Å². The number of rotatable bonds is 6. The van der Waals surface area contributed by atoms with Gasteiger partial charge in [-0.05, 0) is 44.0 Å². The number of halogens is 1. The van der Waals surface area contributed by atoms with Gasteiger partial charge in [0.05, 0.1) is 29.5 Å². The van der Waals surface area contributed by atoms with Crippen LogP contribution >= 0.6 is 11.6 Å². The van der Waals surface area contributed by atoms with Crippen molar-refractivity contribution < 1.29 is 23.9 Å². The molecule has 0 spiro atoms. The summed E-state index contributed by atoms with van der Waals surface area (Å²) in [6.07, 6.45) is 2.82. The van der Waals surface area contributed by atoms with Gasteiger partial charge in [-0.1, -0.05) is 47.5 Å². The lowest BCUT2D eigenvalue weighted by Gasteiger charge is -2.30. The molecular weight excluding hydrogens is 444 g/mol. The van der Waals surface area contributed by atoms with E-state index in [9.17, 15) is 19.2 Å². The van der Waals surface area contributed by atoms with Crippen LogP contribution in [-0.4, -0.2) is 47.2 Å². The standard InChI is InChI=1S/C25H23ClN2O5/c1-15-10-11-18-20(12-15)25(32)28(24(18)31)27(23(30)19-8-3-4-9-21(19)26)14-22(29)16-6-5-7-17(13-16)33-2/h3-10,13,18,20H,11-12,14H2,1-2H3/t18-,20-/m1/s1. The largest absolute Gasteiger partial charge is 0.497 e. The minimum absolute atomic E-state index is 0.0994. The van der Waals surface area contributed by atoms with Gasteiger partial charge in [0.1, 0.15) is 12.3 Å². The van der Waals surface area contributed by atoms with Gasteiger partial charge in [-0.3, -0.25) is 19.2 Å². The fourth-order valence-electron chi connectivity index (χ4n) is 4.29. The van der Waals surface area contributed by atoms with E-state index in [0.29, 0.717) is 24.2 Å². The number of hydrogen-bond acceptors (Lipinski definition) is 5. The highest BCUT2D eigenvalue weighted by molar-refractivity contribution is 6.34. The molecule has 2 atom stereocenters. The van der Waals surface area contributed by atoms with E-state index in [1.807, 2.05) is 13.0 Å². The van der Waals surface area contributed by atoms with Crippen LogP contribution in [0.2, 0.25) is 5.02 Å². The third-order valence-corrected chi connectivity index (χ3v) is 6.39. The van der Waals surface area contributed by atoms with Crippen molar-refractivity contribution in [3.05, 3.63) is 76.3 Å². The molecule has 1 saturated heterocycles. The number of nitrogens with zero attached hydrogens (tertiary/aromatic N) is 2. The number of Topliss-reactive ketones (excluding diaryl/α,β-unsaturated/α-hetero) is 1. The second kappa shape index (κ2) is 9.19. The second-order valence-corrected chi connectivity index (χ2v) is 8.60. The number of amides is 3. The van der Waals surface area contributed by atoms with Crippen LogP contribution in [0.15, 0.2) is 60.2 Å². The van der Waals surface area contributed by atoms with Gasteiger partial charge in [0.25, 0.3) is 17.7 Å². The highest BCUT2D eigenvalue weighted by Crippen LogP contribution is 2.38. The molecular formula is C25H23ClN2O5. The van der Waals surface area contributed by atoms with Gasteiger partial charge in [0, 0.05) is 5.56 Å². The molecule has 7 nitrogen and oxygen atoms in total. The molecule has 0 N–H and O–H groups in total. The quantitative estimate of drug-likeness (QED) is 0.366. The molecule has 170 valence electrons. The number of carbonyl (C=O) groups excluding carboxylic acids is 4. The third kappa shape index (κ3) is 4.28. The highest BCUT2D eigenvalue weighted by atomic mass is 35.5. The molecule has 1 aliphatic heterocycles. The van der Waals surface area contributed by atoms with Crippen molar-refractivity contribution in [1.82, 2.24) is 10.0 Å². The zero-order valence-electron chi connectivity index (χ0n) is 18.3. The van der Waals surface area contributed by atoms with Crippen molar-refractivity contribution in [2.24, 2.45) is 11.8 Å². The Morgan fingerprint density at radius 3 is 2.55 bits per heavy atom. The Hall–Kier alpha value is -3.45. The number of allylic oxidation sites excluding steroid dienone is 2. The molecule has 1 fully saturated rings. The van der Waals surface area contributed by atoms with E-state index in [1.165, 1.54) is 19.2 Å². The lowest BCUT2D eigenvalue weighted by atomic mass is 9.82. The van der Waals surface area contributed by atoms with Crippen molar-refractivity contribution in [3.63, 3.8) is 0 Å². The molecule has 8 heteroatoms. The molecule has 3 amide bonds. The summed E-state index contributed by atoms with van der Waals surface area (Å²) in [5, 5.41) is 1.95. The Morgan fingerprint density at radius 2 is 1.82 bits per heavy atom. The number of hydrogen-bond donors (Lipinski definition) is 0. The third-order valence-electron chi connectivity index (χ3n) is 6.06. The first-order valence-electron chi connectivity index (χ1n) is 10.6. The number of hydrazine groups is 1. The molecule has 2 aliphatic rings. The fraction of sp³-hybridized carbons (Fsp3) is 0.280. The van der Waals surface area contributed by atoms with Crippen molar-refractivity contribution in [2.75, 3.05) is 13.7 Å². The van der Waals surface area contributed by atoms with Crippen molar-refractivity contribution in [3.8, 4) is 5.75 Å².